The first kappa shape index (κ1) is 19.0. The number of carbonyl (C=O) groups is 1. The Bertz CT molecular complexity index is 1260. The number of aryl methyl sites for hydroxylation is 2. The number of benzene rings is 2. The third-order valence-corrected chi connectivity index (χ3v) is 5.52. The molecule has 0 radical (unpaired) electrons. The summed E-state index contributed by atoms with van der Waals surface area (Å²) in [7, 11) is 0. The second kappa shape index (κ2) is 7.59. The summed E-state index contributed by atoms with van der Waals surface area (Å²) in [5.41, 5.74) is 4.79. The minimum Gasteiger partial charge on any atom is -0.411 e. The minimum absolute atomic E-state index is 0.210. The first-order chi connectivity index (χ1) is 13.9. The van der Waals surface area contributed by atoms with Crippen molar-refractivity contribution in [1.82, 2.24) is 20.2 Å². The van der Waals surface area contributed by atoms with Crippen molar-refractivity contribution in [2.24, 2.45) is 0 Å². The number of imidazole rings is 1. The van der Waals surface area contributed by atoms with Gasteiger partial charge in [0.1, 0.15) is 0 Å². The third kappa shape index (κ3) is 4.09. The van der Waals surface area contributed by atoms with Crippen molar-refractivity contribution in [3.05, 3.63) is 58.0 Å². The molecule has 0 saturated carbocycles. The Morgan fingerprint density at radius 2 is 1.86 bits per heavy atom. The van der Waals surface area contributed by atoms with Gasteiger partial charge in [0, 0.05) is 11.3 Å². The van der Waals surface area contributed by atoms with Gasteiger partial charge in [0.25, 0.3) is 5.22 Å². The van der Waals surface area contributed by atoms with Gasteiger partial charge in [0.05, 0.1) is 16.3 Å². The number of aromatic amines is 2. The van der Waals surface area contributed by atoms with Gasteiger partial charge in [-0.05, 0) is 62.2 Å². The van der Waals surface area contributed by atoms with Crippen LogP contribution in [0, 0.1) is 13.8 Å². The molecule has 1 amide bonds. The van der Waals surface area contributed by atoms with Crippen LogP contribution in [0.4, 0.5) is 5.69 Å². The number of amides is 1. The minimum atomic E-state index is -0.455. The number of hydrogen-bond donors (Lipinski definition) is 3. The largest absolute Gasteiger partial charge is 0.411 e. The van der Waals surface area contributed by atoms with Crippen LogP contribution in [0.5, 0.6) is 0 Å². The van der Waals surface area contributed by atoms with E-state index in [1.807, 2.05) is 32.0 Å². The van der Waals surface area contributed by atoms with E-state index in [2.05, 4.69) is 25.5 Å². The summed E-state index contributed by atoms with van der Waals surface area (Å²) >= 11 is 1.19. The molecule has 3 N–H and O–H groups in total. The van der Waals surface area contributed by atoms with Gasteiger partial charge in [0.2, 0.25) is 11.8 Å². The van der Waals surface area contributed by atoms with Crippen LogP contribution in [-0.4, -0.2) is 31.3 Å². The molecule has 0 aliphatic heterocycles. The molecule has 9 heteroatoms. The Hall–Kier alpha value is -3.33. The van der Waals surface area contributed by atoms with Gasteiger partial charge in [-0.3, -0.25) is 4.79 Å². The van der Waals surface area contributed by atoms with Crippen LogP contribution in [0.15, 0.2) is 50.8 Å². The van der Waals surface area contributed by atoms with Crippen LogP contribution in [0.25, 0.3) is 22.5 Å². The Morgan fingerprint density at radius 3 is 2.66 bits per heavy atom. The number of nitrogens with zero attached hydrogens (tertiary/aromatic N) is 2. The van der Waals surface area contributed by atoms with Crippen LogP contribution in [-0.2, 0) is 4.79 Å². The van der Waals surface area contributed by atoms with Crippen molar-refractivity contribution < 1.29 is 9.21 Å². The number of H-pyrrole nitrogens is 2. The number of anilines is 1. The second-order valence-corrected chi connectivity index (χ2v) is 8.05. The molecule has 0 spiro atoms. The molecular weight excluding hydrogens is 390 g/mol. The first-order valence-corrected chi connectivity index (χ1v) is 9.88. The molecule has 1 atom stereocenters. The van der Waals surface area contributed by atoms with Crippen molar-refractivity contribution in [2.45, 2.75) is 31.2 Å². The zero-order valence-electron chi connectivity index (χ0n) is 16.1. The lowest BCUT2D eigenvalue weighted by molar-refractivity contribution is -0.115. The number of hydrogen-bond acceptors (Lipinski definition) is 6. The molecule has 4 aromatic rings. The molecule has 29 heavy (non-hydrogen) atoms. The summed E-state index contributed by atoms with van der Waals surface area (Å²) in [5, 5.41) is 10.8. The summed E-state index contributed by atoms with van der Waals surface area (Å²) < 4.78 is 5.71. The molecular formula is C20H19N5O3S. The second-order valence-electron chi connectivity index (χ2n) is 6.76. The molecule has 0 unspecified atom stereocenters. The molecule has 8 nitrogen and oxygen atoms in total. The van der Waals surface area contributed by atoms with Gasteiger partial charge in [-0.1, -0.05) is 17.8 Å². The Kier molecular flexibility index (Phi) is 4.98. The van der Waals surface area contributed by atoms with Gasteiger partial charge in [-0.15, -0.1) is 10.2 Å². The number of carbonyl (C=O) groups excluding carboxylic acids is 1. The standard InChI is InChI=1S/C20H19N5O3S/c1-10-4-5-13(8-11(10)2)18-24-25-20(28-18)29-12(3)17(26)21-14-6-7-15-16(9-14)23-19(27)22-15/h4-9,12H,1-3H3,(H,21,26)(H2,22,23,27)/t12-/m0/s1. The lowest BCUT2D eigenvalue weighted by Crippen LogP contribution is -2.22. The smallest absolute Gasteiger partial charge is 0.323 e. The van der Waals surface area contributed by atoms with E-state index in [4.69, 9.17) is 4.42 Å². The lowest BCUT2D eigenvalue weighted by Gasteiger charge is -2.09. The summed E-state index contributed by atoms with van der Waals surface area (Å²) in [4.78, 5) is 29.2. The molecule has 0 saturated heterocycles. The predicted octanol–water partition coefficient (Wildman–Crippen LogP) is 3.64. The Morgan fingerprint density at radius 1 is 1.07 bits per heavy atom. The monoisotopic (exact) mass is 409 g/mol. The highest BCUT2D eigenvalue weighted by Crippen LogP contribution is 2.28. The van der Waals surface area contributed by atoms with Crippen molar-refractivity contribution in [1.29, 1.82) is 0 Å². The van der Waals surface area contributed by atoms with Gasteiger partial charge in [-0.2, -0.15) is 0 Å². The van der Waals surface area contributed by atoms with Crippen LogP contribution >= 0.6 is 11.8 Å². The van der Waals surface area contributed by atoms with Gasteiger partial charge in [0.15, 0.2) is 0 Å². The average molecular weight is 409 g/mol. The van der Waals surface area contributed by atoms with Crippen molar-refractivity contribution in [3.63, 3.8) is 0 Å². The summed E-state index contributed by atoms with van der Waals surface area (Å²) in [6.07, 6.45) is 0. The van der Waals surface area contributed by atoms with E-state index in [1.54, 1.807) is 25.1 Å². The van der Waals surface area contributed by atoms with E-state index in [0.29, 0.717) is 27.8 Å². The first-order valence-electron chi connectivity index (χ1n) is 9.00. The lowest BCUT2D eigenvalue weighted by atomic mass is 10.1. The fourth-order valence-corrected chi connectivity index (χ4v) is 3.49. The highest BCUT2D eigenvalue weighted by atomic mass is 32.2. The molecule has 0 bridgehead atoms. The van der Waals surface area contributed by atoms with Crippen molar-refractivity contribution >= 4 is 34.4 Å². The Balaban J connectivity index is 1.43. The zero-order valence-corrected chi connectivity index (χ0v) is 16.9. The number of thioether (sulfide) groups is 1. The van der Waals surface area contributed by atoms with Crippen LogP contribution in [0.1, 0.15) is 18.1 Å². The molecule has 0 fully saturated rings. The van der Waals surface area contributed by atoms with Gasteiger partial charge >= 0.3 is 5.69 Å². The van der Waals surface area contributed by atoms with Crippen molar-refractivity contribution in [2.75, 3.05) is 5.32 Å². The quantitative estimate of drug-likeness (QED) is 0.433. The molecule has 4 rings (SSSR count). The topological polar surface area (TPSA) is 117 Å². The SMILES string of the molecule is Cc1ccc(-c2nnc(S[C@@H](C)C(=O)Nc3ccc4[nH]c(=O)[nH]c4c3)o2)cc1C. The van der Waals surface area contributed by atoms with Crippen LogP contribution in [0.2, 0.25) is 0 Å². The van der Waals surface area contributed by atoms with E-state index in [-0.39, 0.29) is 11.6 Å². The molecule has 2 aromatic heterocycles. The van der Waals surface area contributed by atoms with E-state index in [0.717, 1.165) is 11.1 Å². The van der Waals surface area contributed by atoms with Crippen molar-refractivity contribution in [3.8, 4) is 11.5 Å². The van der Waals surface area contributed by atoms with Gasteiger partial charge in [-0.25, -0.2) is 4.79 Å². The molecule has 148 valence electrons. The van der Waals surface area contributed by atoms with Crippen LogP contribution < -0.4 is 11.0 Å². The molecule has 2 heterocycles. The maximum atomic E-state index is 12.5. The molecule has 0 aliphatic carbocycles. The maximum Gasteiger partial charge on any atom is 0.323 e. The van der Waals surface area contributed by atoms with E-state index >= 15 is 0 Å². The number of nitrogens with one attached hydrogen (secondary N) is 3. The molecule has 0 aliphatic rings. The maximum absolute atomic E-state index is 12.5. The van der Waals surface area contributed by atoms with E-state index in [9.17, 15) is 9.59 Å². The summed E-state index contributed by atoms with van der Waals surface area (Å²) in [5.74, 6) is 0.211. The van der Waals surface area contributed by atoms with Crippen LogP contribution in [0.3, 0.4) is 0 Å². The number of aromatic nitrogens is 4. The average Bonchev–Trinajstić information content (AvgIpc) is 3.29. The number of fused-ring (bicyclic) bond motifs is 1. The predicted molar refractivity (Wildman–Crippen MR) is 112 cm³/mol. The summed E-state index contributed by atoms with van der Waals surface area (Å²) in [6.45, 7) is 5.83. The van der Waals surface area contributed by atoms with Gasteiger partial charge < -0.3 is 19.7 Å². The normalized spacial score (nSPS) is 12.2. The summed E-state index contributed by atoms with van der Waals surface area (Å²) in [6, 6.07) is 11.1. The number of rotatable bonds is 5. The highest BCUT2D eigenvalue weighted by molar-refractivity contribution is 8.00. The fourth-order valence-electron chi connectivity index (χ4n) is 2.81. The highest BCUT2D eigenvalue weighted by Gasteiger charge is 2.19. The fraction of sp³-hybridized carbons (Fsp3) is 0.200. The van der Waals surface area contributed by atoms with E-state index in [1.165, 1.54) is 17.3 Å². The zero-order chi connectivity index (χ0) is 20.5. The molecule has 2 aromatic carbocycles. The Labute approximate surface area is 170 Å². The van der Waals surface area contributed by atoms with E-state index < -0.39 is 5.25 Å². The third-order valence-electron chi connectivity index (χ3n) is 4.59.